The highest BCUT2D eigenvalue weighted by atomic mass is 32.2. The number of nitrogens with one attached hydrogen (secondary N) is 1. The number of carbonyl (C=O) groups excluding carboxylic acids is 1. The van der Waals surface area contributed by atoms with Gasteiger partial charge in [0.1, 0.15) is 17.1 Å². The van der Waals surface area contributed by atoms with Gasteiger partial charge in [0.2, 0.25) is 0 Å². The number of thiazole rings is 1. The van der Waals surface area contributed by atoms with Gasteiger partial charge >= 0.3 is 0 Å². The second kappa shape index (κ2) is 7.54. The van der Waals surface area contributed by atoms with Crippen LogP contribution in [0.4, 0.5) is 10.8 Å². The van der Waals surface area contributed by atoms with Crippen LogP contribution in [-0.2, 0) is 17.5 Å². The number of benzene rings is 2. The van der Waals surface area contributed by atoms with E-state index >= 15 is 0 Å². The Morgan fingerprint density at radius 1 is 1.31 bits per heavy atom. The molecule has 0 radical (unpaired) electrons. The van der Waals surface area contributed by atoms with Crippen LogP contribution >= 0.6 is 11.3 Å². The van der Waals surface area contributed by atoms with Gasteiger partial charge in [-0.3, -0.25) is 4.79 Å². The molecule has 0 amide bonds. The highest BCUT2D eigenvalue weighted by molar-refractivity contribution is 7.98. The van der Waals surface area contributed by atoms with Crippen LogP contribution in [0.2, 0.25) is 0 Å². The monoisotopic (exact) mass is 429 g/mol. The van der Waals surface area contributed by atoms with E-state index < -0.39 is 16.1 Å². The van der Waals surface area contributed by atoms with Gasteiger partial charge < -0.3 is 14.6 Å². The van der Waals surface area contributed by atoms with Gasteiger partial charge in [-0.05, 0) is 44.2 Å². The fourth-order valence-corrected chi connectivity index (χ4v) is 4.57. The summed E-state index contributed by atoms with van der Waals surface area (Å²) in [6, 6.07) is 8.72. The summed E-state index contributed by atoms with van der Waals surface area (Å²) in [5, 5.41) is 8.44. The zero-order valence-electron chi connectivity index (χ0n) is 16.1. The summed E-state index contributed by atoms with van der Waals surface area (Å²) in [6.07, 6.45) is 0. The Bertz CT molecular complexity index is 1280. The highest BCUT2D eigenvalue weighted by Crippen LogP contribution is 2.36. The van der Waals surface area contributed by atoms with Gasteiger partial charge in [-0.15, -0.1) is 0 Å². The van der Waals surface area contributed by atoms with Crippen molar-refractivity contribution < 1.29 is 13.7 Å². The van der Waals surface area contributed by atoms with E-state index in [9.17, 15) is 9.00 Å². The number of methoxy groups -OCH3 is 1. The molecule has 0 aliphatic heterocycles. The summed E-state index contributed by atoms with van der Waals surface area (Å²) in [6.45, 7) is 4.86. The SMILES string of the molecule is CCn1c(C)nc2ccc3sc(Nc4cc(C(=O)S(N)=O)ccc4OC)nc3c21. The molecular weight excluding hydrogens is 410 g/mol. The zero-order valence-corrected chi connectivity index (χ0v) is 17.7. The first kappa shape index (κ1) is 19.5. The number of hydrogen-bond donors (Lipinski definition) is 2. The second-order valence-electron chi connectivity index (χ2n) is 6.33. The summed E-state index contributed by atoms with van der Waals surface area (Å²) in [5.74, 6) is 1.48. The van der Waals surface area contributed by atoms with E-state index in [1.54, 1.807) is 12.1 Å². The number of anilines is 2. The standard InChI is InChI=1S/C19H19N5O3S2/c1-4-24-10(2)21-12-6-8-15-16(17(12)24)23-19(28-15)22-13-9-11(18(25)29(20)26)5-7-14(13)27-3/h5-9H,4,20H2,1-3H3,(H,22,23). The molecule has 1 unspecified atom stereocenters. The summed E-state index contributed by atoms with van der Waals surface area (Å²) in [5.41, 5.74) is 3.55. The van der Waals surface area contributed by atoms with Crippen LogP contribution in [0.5, 0.6) is 5.75 Å². The van der Waals surface area contributed by atoms with Crippen molar-refractivity contribution in [3.63, 3.8) is 0 Å². The molecule has 0 aliphatic rings. The number of aryl methyl sites for hydroxylation is 2. The second-order valence-corrected chi connectivity index (χ2v) is 8.32. The minimum atomic E-state index is -2.08. The average molecular weight is 430 g/mol. The molecule has 0 saturated heterocycles. The molecule has 0 spiro atoms. The highest BCUT2D eigenvalue weighted by Gasteiger charge is 2.17. The van der Waals surface area contributed by atoms with Crippen LogP contribution in [0.3, 0.4) is 0 Å². The smallest absolute Gasteiger partial charge is 0.264 e. The van der Waals surface area contributed by atoms with E-state index in [0.29, 0.717) is 16.6 Å². The molecule has 4 aromatic rings. The number of aromatic nitrogens is 3. The molecule has 0 bridgehead atoms. The van der Waals surface area contributed by atoms with Crippen LogP contribution in [0.25, 0.3) is 21.3 Å². The fraction of sp³-hybridized carbons (Fsp3) is 0.211. The average Bonchev–Trinajstić information content (AvgIpc) is 3.26. The van der Waals surface area contributed by atoms with Crippen LogP contribution in [0.1, 0.15) is 23.1 Å². The van der Waals surface area contributed by atoms with E-state index in [2.05, 4.69) is 21.8 Å². The first-order chi connectivity index (χ1) is 13.9. The van der Waals surface area contributed by atoms with Crippen molar-refractivity contribution in [3.8, 4) is 5.75 Å². The number of nitrogens with two attached hydrogens (primary N) is 1. The van der Waals surface area contributed by atoms with Crippen LogP contribution in [0.15, 0.2) is 30.3 Å². The molecule has 2 heterocycles. The first-order valence-electron chi connectivity index (χ1n) is 8.84. The molecule has 3 N–H and O–H groups in total. The third-order valence-corrected chi connectivity index (χ3v) is 6.17. The first-order valence-corrected chi connectivity index (χ1v) is 10.9. The van der Waals surface area contributed by atoms with Gasteiger partial charge in [-0.2, -0.15) is 0 Å². The van der Waals surface area contributed by atoms with Crippen molar-refractivity contribution in [1.29, 1.82) is 0 Å². The third kappa shape index (κ3) is 3.39. The fourth-order valence-electron chi connectivity index (χ4n) is 3.33. The molecule has 8 nitrogen and oxygen atoms in total. The Balaban J connectivity index is 1.80. The molecular formula is C19H19N5O3S2. The number of imidazole rings is 1. The Morgan fingerprint density at radius 3 is 2.79 bits per heavy atom. The van der Waals surface area contributed by atoms with Crippen molar-refractivity contribution in [2.24, 2.45) is 5.14 Å². The summed E-state index contributed by atoms with van der Waals surface area (Å²) >= 11 is 1.49. The van der Waals surface area contributed by atoms with Crippen LogP contribution < -0.4 is 15.2 Å². The molecule has 0 aliphatic carbocycles. The molecule has 0 fully saturated rings. The lowest BCUT2D eigenvalue weighted by atomic mass is 10.2. The lowest BCUT2D eigenvalue weighted by Crippen LogP contribution is -2.15. The maximum atomic E-state index is 12.0. The number of nitrogens with zero attached hydrogens (tertiary/aromatic N) is 3. The van der Waals surface area contributed by atoms with Gasteiger partial charge in [0.25, 0.3) is 5.12 Å². The molecule has 150 valence electrons. The van der Waals surface area contributed by atoms with Crippen molar-refractivity contribution in [2.45, 2.75) is 20.4 Å². The zero-order chi connectivity index (χ0) is 20.7. The quantitative estimate of drug-likeness (QED) is 0.502. The van der Waals surface area contributed by atoms with E-state index in [1.807, 2.05) is 19.1 Å². The number of carbonyl (C=O) groups is 1. The number of ether oxygens (including phenoxy) is 1. The third-order valence-electron chi connectivity index (χ3n) is 4.63. The lowest BCUT2D eigenvalue weighted by molar-refractivity contribution is 0.108. The minimum Gasteiger partial charge on any atom is -0.495 e. The van der Waals surface area contributed by atoms with Gasteiger partial charge in [-0.1, -0.05) is 11.3 Å². The predicted octanol–water partition coefficient (Wildman–Crippen LogP) is 3.49. The Hall–Kier alpha value is -2.82. The van der Waals surface area contributed by atoms with E-state index in [4.69, 9.17) is 14.9 Å². The molecule has 2 aromatic heterocycles. The normalized spacial score (nSPS) is 12.4. The Kier molecular flexibility index (Phi) is 5.07. The molecule has 2 aromatic carbocycles. The van der Waals surface area contributed by atoms with Gasteiger partial charge in [-0.25, -0.2) is 19.3 Å². The lowest BCUT2D eigenvalue weighted by Gasteiger charge is -2.10. The summed E-state index contributed by atoms with van der Waals surface area (Å²) in [4.78, 5) is 21.4. The maximum Gasteiger partial charge on any atom is 0.264 e. The molecule has 10 heteroatoms. The van der Waals surface area contributed by atoms with E-state index in [0.717, 1.165) is 33.6 Å². The van der Waals surface area contributed by atoms with Gasteiger partial charge in [0.05, 0.1) is 28.5 Å². The summed E-state index contributed by atoms with van der Waals surface area (Å²) < 4.78 is 19.9. The topological polar surface area (TPSA) is 112 Å². The number of fused-ring (bicyclic) bond motifs is 3. The summed E-state index contributed by atoms with van der Waals surface area (Å²) in [7, 11) is -0.549. The van der Waals surface area contributed by atoms with Crippen molar-refractivity contribution in [1.82, 2.24) is 14.5 Å². The molecule has 4 rings (SSSR count). The predicted molar refractivity (Wildman–Crippen MR) is 116 cm³/mol. The van der Waals surface area contributed by atoms with Crippen molar-refractivity contribution >= 4 is 59.5 Å². The largest absolute Gasteiger partial charge is 0.495 e. The molecule has 1 atom stereocenters. The Labute approximate surface area is 173 Å². The number of hydrogen-bond acceptors (Lipinski definition) is 7. The Morgan fingerprint density at radius 2 is 2.10 bits per heavy atom. The van der Waals surface area contributed by atoms with E-state index in [1.165, 1.54) is 24.5 Å². The maximum absolute atomic E-state index is 12.0. The van der Waals surface area contributed by atoms with Crippen molar-refractivity contribution in [2.75, 3.05) is 12.4 Å². The van der Waals surface area contributed by atoms with E-state index in [-0.39, 0.29) is 5.56 Å². The van der Waals surface area contributed by atoms with Crippen LogP contribution in [-0.4, -0.2) is 31.0 Å². The van der Waals surface area contributed by atoms with Gasteiger partial charge in [0, 0.05) is 12.1 Å². The minimum absolute atomic E-state index is 0.234. The number of rotatable bonds is 5. The molecule has 0 saturated carbocycles. The molecule has 29 heavy (non-hydrogen) atoms. The van der Waals surface area contributed by atoms with Crippen LogP contribution in [0, 0.1) is 6.92 Å². The van der Waals surface area contributed by atoms with Crippen molar-refractivity contribution in [3.05, 3.63) is 41.7 Å². The van der Waals surface area contributed by atoms with Gasteiger partial charge in [0.15, 0.2) is 16.1 Å².